The van der Waals surface area contributed by atoms with Crippen molar-refractivity contribution >= 4 is 17.5 Å². The van der Waals surface area contributed by atoms with Crippen molar-refractivity contribution in [2.45, 2.75) is 26.7 Å². The molecule has 4 heteroatoms. The molecule has 3 rings (SSSR count). The molecule has 4 nitrogen and oxygen atoms in total. The largest absolute Gasteiger partial charge is 0.463 e. The van der Waals surface area contributed by atoms with Crippen molar-refractivity contribution in [2.75, 3.05) is 6.61 Å². The average Bonchev–Trinajstić information content (AvgIpc) is 2.84. The van der Waals surface area contributed by atoms with E-state index in [1.54, 1.807) is 13.0 Å². The molecule has 0 unspecified atom stereocenters. The van der Waals surface area contributed by atoms with Gasteiger partial charge in [-0.3, -0.25) is 0 Å². The molecule has 0 bridgehead atoms. The Hall–Kier alpha value is -2.62. The molecule has 0 spiro atoms. The third kappa shape index (κ3) is 2.97. The van der Waals surface area contributed by atoms with Crippen molar-refractivity contribution in [1.82, 2.24) is 0 Å². The number of ether oxygens (including phenoxy) is 2. The number of benzene rings is 1. The second-order valence-corrected chi connectivity index (χ2v) is 5.54. The molecule has 23 heavy (non-hydrogen) atoms. The number of para-hydroxylation sites is 1. The lowest BCUT2D eigenvalue weighted by atomic mass is 9.91. The van der Waals surface area contributed by atoms with Crippen LogP contribution in [0.15, 0.2) is 53.1 Å². The molecule has 0 atom stereocenters. The fourth-order valence-electron chi connectivity index (χ4n) is 2.86. The number of hydrogen-bond acceptors (Lipinski definition) is 4. The maximum atomic E-state index is 12.0. The summed E-state index contributed by atoms with van der Waals surface area (Å²) in [7, 11) is 0. The van der Waals surface area contributed by atoms with Crippen LogP contribution in [0.4, 0.5) is 0 Å². The van der Waals surface area contributed by atoms with Gasteiger partial charge in [0, 0.05) is 11.1 Å². The summed E-state index contributed by atoms with van der Waals surface area (Å²) in [6, 6.07) is 7.39. The van der Waals surface area contributed by atoms with Crippen molar-refractivity contribution in [2.24, 2.45) is 0 Å². The first-order valence-electron chi connectivity index (χ1n) is 7.71. The third-order valence-electron chi connectivity index (χ3n) is 3.99. The Balaban J connectivity index is 1.91. The van der Waals surface area contributed by atoms with Crippen LogP contribution < -0.4 is 4.74 Å². The lowest BCUT2D eigenvalue weighted by Crippen LogP contribution is -2.12. The highest BCUT2D eigenvalue weighted by molar-refractivity contribution is 6.22. The van der Waals surface area contributed by atoms with Crippen molar-refractivity contribution in [1.29, 1.82) is 0 Å². The van der Waals surface area contributed by atoms with Gasteiger partial charge in [-0.05, 0) is 50.0 Å². The van der Waals surface area contributed by atoms with Crippen LogP contribution in [-0.4, -0.2) is 18.5 Å². The van der Waals surface area contributed by atoms with Crippen molar-refractivity contribution in [3.05, 3.63) is 58.7 Å². The monoisotopic (exact) mass is 310 g/mol. The fourth-order valence-corrected chi connectivity index (χ4v) is 2.86. The van der Waals surface area contributed by atoms with Crippen LogP contribution in [0, 0.1) is 0 Å². The smallest absolute Gasteiger partial charge is 0.344 e. The molecule has 1 aromatic carbocycles. The molecule has 0 saturated carbocycles. The lowest BCUT2D eigenvalue weighted by Gasteiger charge is -2.15. The summed E-state index contributed by atoms with van der Waals surface area (Å²) >= 11 is 0. The molecule has 0 fully saturated rings. The van der Waals surface area contributed by atoms with Gasteiger partial charge in [-0.15, -0.1) is 0 Å². The molecule has 1 heterocycles. The third-order valence-corrected chi connectivity index (χ3v) is 3.99. The minimum Gasteiger partial charge on any atom is -0.463 e. The van der Waals surface area contributed by atoms with Gasteiger partial charge in [0.05, 0.1) is 12.2 Å². The Morgan fingerprint density at radius 3 is 2.83 bits per heavy atom. The van der Waals surface area contributed by atoms with Gasteiger partial charge in [0.25, 0.3) is 0 Å². The van der Waals surface area contributed by atoms with E-state index in [2.05, 4.69) is 0 Å². The Morgan fingerprint density at radius 1 is 1.30 bits per heavy atom. The van der Waals surface area contributed by atoms with Gasteiger partial charge in [0.1, 0.15) is 5.75 Å². The first kappa shape index (κ1) is 15.3. The minimum atomic E-state index is -0.329. The number of carbonyl (C=O) groups is 2. The first-order valence-corrected chi connectivity index (χ1v) is 7.71. The van der Waals surface area contributed by atoms with E-state index < -0.39 is 0 Å². The van der Waals surface area contributed by atoms with Crippen LogP contribution in [0.1, 0.15) is 32.3 Å². The van der Waals surface area contributed by atoms with E-state index in [-0.39, 0.29) is 11.9 Å². The molecule has 0 saturated heterocycles. The van der Waals surface area contributed by atoms with Gasteiger partial charge < -0.3 is 9.47 Å². The molecule has 0 radical (unpaired) electrons. The molecule has 0 amide bonds. The summed E-state index contributed by atoms with van der Waals surface area (Å²) in [5.41, 5.74) is 4.00. The highest BCUT2D eigenvalue weighted by Crippen LogP contribution is 2.36. The first-order chi connectivity index (χ1) is 11.1. The van der Waals surface area contributed by atoms with Crippen LogP contribution in [0.5, 0.6) is 5.75 Å². The van der Waals surface area contributed by atoms with Crippen LogP contribution in [0.2, 0.25) is 0 Å². The molecule has 118 valence electrons. The number of esters is 2. The molecule has 1 aliphatic carbocycles. The van der Waals surface area contributed by atoms with Crippen molar-refractivity contribution in [3.63, 3.8) is 0 Å². The molecule has 0 aromatic heterocycles. The minimum absolute atomic E-state index is 0.251. The average molecular weight is 310 g/mol. The highest BCUT2D eigenvalue weighted by Gasteiger charge is 2.27. The standard InChI is InChI=1S/C19H18O4/c1-3-22-18(20)14-9-8-13(10-12(14)2)11-16-15-6-4-5-7-17(15)23-19(16)21/h4-7,10-11H,3,8-9H2,1-2H3/b16-11+. The second kappa shape index (κ2) is 6.24. The van der Waals surface area contributed by atoms with Crippen LogP contribution in [0.3, 0.4) is 0 Å². The van der Waals surface area contributed by atoms with Crippen LogP contribution in [0.25, 0.3) is 5.57 Å². The molecule has 1 aliphatic heterocycles. The molecule has 0 N–H and O–H groups in total. The summed E-state index contributed by atoms with van der Waals surface area (Å²) in [6.07, 6.45) is 5.12. The summed E-state index contributed by atoms with van der Waals surface area (Å²) < 4.78 is 10.3. The molecular weight excluding hydrogens is 292 g/mol. The molecule has 2 aliphatic rings. The van der Waals surface area contributed by atoms with Gasteiger partial charge in [-0.2, -0.15) is 0 Å². The number of fused-ring (bicyclic) bond motifs is 1. The van der Waals surface area contributed by atoms with Gasteiger partial charge in [0.2, 0.25) is 0 Å². The van der Waals surface area contributed by atoms with Crippen LogP contribution >= 0.6 is 0 Å². The van der Waals surface area contributed by atoms with E-state index in [0.717, 1.165) is 16.7 Å². The second-order valence-electron chi connectivity index (χ2n) is 5.54. The van der Waals surface area contributed by atoms with Gasteiger partial charge in [0.15, 0.2) is 0 Å². The summed E-state index contributed by atoms with van der Waals surface area (Å²) in [5, 5.41) is 0. The predicted octanol–water partition coefficient (Wildman–Crippen LogP) is 3.59. The number of hydrogen-bond donors (Lipinski definition) is 0. The number of carbonyl (C=O) groups excluding carboxylic acids is 2. The zero-order valence-corrected chi connectivity index (χ0v) is 13.2. The topological polar surface area (TPSA) is 52.6 Å². The lowest BCUT2D eigenvalue weighted by molar-refractivity contribution is -0.138. The maximum Gasteiger partial charge on any atom is 0.344 e. The van der Waals surface area contributed by atoms with Crippen LogP contribution in [-0.2, 0) is 14.3 Å². The normalized spacial score (nSPS) is 18.6. The van der Waals surface area contributed by atoms with Crippen molar-refractivity contribution < 1.29 is 19.1 Å². The summed E-state index contributed by atoms with van der Waals surface area (Å²) in [5.74, 6) is 0.0168. The zero-order chi connectivity index (χ0) is 16.4. The van der Waals surface area contributed by atoms with Gasteiger partial charge in [-0.25, -0.2) is 9.59 Å². The highest BCUT2D eigenvalue weighted by atomic mass is 16.5. The molecule has 1 aromatic rings. The number of rotatable bonds is 3. The Morgan fingerprint density at radius 2 is 2.09 bits per heavy atom. The Labute approximate surface area is 135 Å². The Bertz CT molecular complexity index is 765. The van der Waals surface area contributed by atoms with E-state index in [4.69, 9.17) is 9.47 Å². The van der Waals surface area contributed by atoms with E-state index in [1.165, 1.54) is 0 Å². The zero-order valence-electron chi connectivity index (χ0n) is 13.2. The van der Waals surface area contributed by atoms with Gasteiger partial charge in [-0.1, -0.05) is 24.3 Å². The van der Waals surface area contributed by atoms with Gasteiger partial charge >= 0.3 is 11.9 Å². The number of allylic oxidation sites excluding steroid dienone is 4. The summed E-state index contributed by atoms with van der Waals surface area (Å²) in [4.78, 5) is 23.9. The van der Waals surface area contributed by atoms with E-state index in [1.807, 2.05) is 37.3 Å². The molecular formula is C19H18O4. The van der Waals surface area contributed by atoms with E-state index >= 15 is 0 Å². The van der Waals surface area contributed by atoms with E-state index in [9.17, 15) is 9.59 Å². The quantitative estimate of drug-likeness (QED) is 0.486. The Kier molecular flexibility index (Phi) is 4.15. The fraction of sp³-hybridized carbons (Fsp3) is 0.263. The van der Waals surface area contributed by atoms with E-state index in [0.29, 0.717) is 36.3 Å². The maximum absolute atomic E-state index is 12.0. The van der Waals surface area contributed by atoms with Crippen molar-refractivity contribution in [3.8, 4) is 5.75 Å². The summed E-state index contributed by atoms with van der Waals surface area (Å²) in [6.45, 7) is 4.06. The predicted molar refractivity (Wildman–Crippen MR) is 86.7 cm³/mol. The SMILES string of the molecule is CCOC(=O)C1=C(C)C=C(/C=C2/C(=O)Oc3ccccc32)CC1.